The van der Waals surface area contributed by atoms with E-state index in [9.17, 15) is 4.57 Å². The van der Waals surface area contributed by atoms with Gasteiger partial charge in [-0.2, -0.15) is 0 Å². The Morgan fingerprint density at radius 2 is 2.26 bits per heavy atom. The van der Waals surface area contributed by atoms with Gasteiger partial charge in [-0.05, 0) is 0 Å². The van der Waals surface area contributed by atoms with Gasteiger partial charge in [0.15, 0.2) is 11.5 Å². The predicted molar refractivity (Wildman–Crippen MR) is 77.1 cm³/mol. The standard InChI is InChI=1S/C11H16N5O6P/c1-20-6-2-8(22-7(6)3-21-23(17,18)19)16-5-15-9-10(12)13-4-14-11(9)16/h4-8H,2-3H2,1H3,(H2,12,13,14)(H2,17,18,19)/t6-,7?,8?/m0/s1. The first kappa shape index (κ1) is 16.2. The molecule has 2 aromatic heterocycles. The number of nitrogen functional groups attached to an aromatic ring is 1. The zero-order chi connectivity index (χ0) is 16.6. The molecule has 3 heterocycles. The first-order valence-electron chi connectivity index (χ1n) is 6.70. The molecule has 3 rings (SSSR count). The van der Waals surface area contributed by atoms with Crippen molar-refractivity contribution in [1.29, 1.82) is 0 Å². The van der Waals surface area contributed by atoms with Crippen LogP contribution in [0.2, 0.25) is 0 Å². The van der Waals surface area contributed by atoms with Crippen LogP contribution in [-0.4, -0.2) is 55.2 Å². The summed E-state index contributed by atoms with van der Waals surface area (Å²) in [5, 5.41) is 0. The highest BCUT2D eigenvalue weighted by Crippen LogP contribution is 2.39. The molecule has 2 unspecified atom stereocenters. The normalized spacial score (nSPS) is 25.3. The molecule has 0 saturated carbocycles. The van der Waals surface area contributed by atoms with Gasteiger partial charge in [0.1, 0.15) is 24.2 Å². The highest BCUT2D eigenvalue weighted by Gasteiger charge is 2.38. The molecule has 0 amide bonds. The van der Waals surface area contributed by atoms with Crippen LogP contribution in [0.15, 0.2) is 12.7 Å². The lowest BCUT2D eigenvalue weighted by molar-refractivity contribution is -0.0503. The van der Waals surface area contributed by atoms with Crippen LogP contribution in [0.25, 0.3) is 11.2 Å². The van der Waals surface area contributed by atoms with E-state index < -0.39 is 20.2 Å². The van der Waals surface area contributed by atoms with Crippen molar-refractivity contribution in [3.63, 3.8) is 0 Å². The van der Waals surface area contributed by atoms with Crippen molar-refractivity contribution in [2.24, 2.45) is 0 Å². The van der Waals surface area contributed by atoms with Gasteiger partial charge in [0.25, 0.3) is 0 Å². The summed E-state index contributed by atoms with van der Waals surface area (Å²) < 4.78 is 28.1. The monoisotopic (exact) mass is 345 g/mol. The van der Waals surface area contributed by atoms with Crippen molar-refractivity contribution in [3.05, 3.63) is 12.7 Å². The number of anilines is 1. The number of methoxy groups -OCH3 is 1. The maximum atomic E-state index is 10.8. The Hall–Kier alpha value is -1.62. The molecule has 1 aliphatic rings. The SMILES string of the molecule is CO[C@H]1CC(n2cnc3c(N)ncnc32)OC1COP(=O)(O)O. The Balaban J connectivity index is 1.81. The molecule has 0 spiro atoms. The zero-order valence-corrected chi connectivity index (χ0v) is 13.0. The van der Waals surface area contributed by atoms with Crippen LogP contribution in [0.1, 0.15) is 12.6 Å². The lowest BCUT2D eigenvalue weighted by Gasteiger charge is -2.17. The zero-order valence-electron chi connectivity index (χ0n) is 12.1. The fraction of sp³-hybridized carbons (Fsp3) is 0.545. The van der Waals surface area contributed by atoms with Crippen molar-refractivity contribution < 1.29 is 28.3 Å². The lowest BCUT2D eigenvalue weighted by Crippen LogP contribution is -2.27. The van der Waals surface area contributed by atoms with E-state index in [1.807, 2.05) is 0 Å². The second-order valence-corrected chi connectivity index (χ2v) is 6.25. The summed E-state index contributed by atoms with van der Waals surface area (Å²) in [4.78, 5) is 29.8. The first-order chi connectivity index (χ1) is 10.9. The van der Waals surface area contributed by atoms with Crippen molar-refractivity contribution in [2.75, 3.05) is 19.5 Å². The molecule has 11 nitrogen and oxygen atoms in total. The summed E-state index contributed by atoms with van der Waals surface area (Å²) in [6.45, 7) is -0.289. The maximum Gasteiger partial charge on any atom is 0.469 e. The Morgan fingerprint density at radius 3 is 2.96 bits per heavy atom. The third kappa shape index (κ3) is 3.34. The van der Waals surface area contributed by atoms with Gasteiger partial charge in [0, 0.05) is 13.5 Å². The number of fused-ring (bicyclic) bond motifs is 1. The number of imidazole rings is 1. The Kier molecular flexibility index (Phi) is 4.32. The number of hydrogen-bond acceptors (Lipinski definition) is 8. The van der Waals surface area contributed by atoms with Crippen LogP contribution in [0.3, 0.4) is 0 Å². The van der Waals surface area contributed by atoms with Gasteiger partial charge in [-0.15, -0.1) is 0 Å². The molecule has 23 heavy (non-hydrogen) atoms. The van der Waals surface area contributed by atoms with Crippen LogP contribution >= 0.6 is 7.82 Å². The molecule has 0 bridgehead atoms. The molecule has 1 fully saturated rings. The summed E-state index contributed by atoms with van der Waals surface area (Å²) in [5.74, 6) is 0.261. The number of nitrogens with two attached hydrogens (primary N) is 1. The molecule has 0 aliphatic carbocycles. The van der Waals surface area contributed by atoms with Gasteiger partial charge in [-0.3, -0.25) is 9.09 Å². The van der Waals surface area contributed by atoms with E-state index in [0.717, 1.165) is 0 Å². The Labute approximate surface area is 130 Å². The second-order valence-electron chi connectivity index (χ2n) is 5.01. The molecule has 2 aromatic rings. The van der Waals surface area contributed by atoms with Gasteiger partial charge in [-0.1, -0.05) is 0 Å². The van der Waals surface area contributed by atoms with Crippen molar-refractivity contribution >= 4 is 24.8 Å². The predicted octanol–water partition coefficient (Wildman–Crippen LogP) is -0.180. The topological polar surface area (TPSA) is 155 Å². The van der Waals surface area contributed by atoms with Gasteiger partial charge in [-0.25, -0.2) is 19.5 Å². The molecule has 12 heteroatoms. The van der Waals surface area contributed by atoms with Crippen LogP contribution in [-0.2, 0) is 18.6 Å². The average Bonchev–Trinajstić information content (AvgIpc) is 3.08. The number of phosphoric ester groups is 1. The summed E-state index contributed by atoms with van der Waals surface area (Å²) in [7, 11) is -3.08. The summed E-state index contributed by atoms with van der Waals surface area (Å²) in [5.41, 5.74) is 6.71. The number of phosphoric acid groups is 1. The molecule has 4 N–H and O–H groups in total. The molecule has 0 aromatic carbocycles. The van der Waals surface area contributed by atoms with Crippen molar-refractivity contribution in [2.45, 2.75) is 24.9 Å². The highest BCUT2D eigenvalue weighted by atomic mass is 31.2. The van der Waals surface area contributed by atoms with E-state index in [1.54, 1.807) is 4.57 Å². The number of nitrogens with zero attached hydrogens (tertiary/aromatic N) is 4. The van der Waals surface area contributed by atoms with Crippen LogP contribution in [0.4, 0.5) is 5.82 Å². The summed E-state index contributed by atoms with van der Waals surface area (Å²) >= 11 is 0. The summed E-state index contributed by atoms with van der Waals surface area (Å²) in [6.07, 6.45) is 1.81. The van der Waals surface area contributed by atoms with E-state index in [4.69, 9.17) is 25.0 Å². The molecular formula is C11H16N5O6P. The first-order valence-corrected chi connectivity index (χ1v) is 8.23. The van der Waals surface area contributed by atoms with E-state index in [0.29, 0.717) is 17.6 Å². The van der Waals surface area contributed by atoms with Crippen LogP contribution in [0, 0.1) is 0 Å². The molecule has 1 saturated heterocycles. The van der Waals surface area contributed by atoms with Gasteiger partial charge in [0.05, 0.1) is 19.0 Å². The Bertz CT molecular complexity index is 748. The Morgan fingerprint density at radius 1 is 1.48 bits per heavy atom. The third-order valence-corrected chi connectivity index (χ3v) is 4.07. The molecule has 1 aliphatic heterocycles. The van der Waals surface area contributed by atoms with Crippen LogP contribution in [0.5, 0.6) is 0 Å². The number of aromatic nitrogens is 4. The quantitative estimate of drug-likeness (QED) is 0.621. The van der Waals surface area contributed by atoms with Crippen molar-refractivity contribution in [1.82, 2.24) is 19.5 Å². The maximum absolute atomic E-state index is 10.8. The minimum atomic E-state index is -4.57. The fourth-order valence-corrected chi connectivity index (χ4v) is 2.86. The largest absolute Gasteiger partial charge is 0.469 e. The van der Waals surface area contributed by atoms with Gasteiger partial charge in [0.2, 0.25) is 0 Å². The number of ether oxygens (including phenoxy) is 2. The minimum absolute atomic E-state index is 0.261. The molecule has 3 atom stereocenters. The van der Waals surface area contributed by atoms with E-state index in [1.165, 1.54) is 19.8 Å². The minimum Gasteiger partial charge on any atom is -0.382 e. The average molecular weight is 345 g/mol. The van der Waals surface area contributed by atoms with Crippen molar-refractivity contribution in [3.8, 4) is 0 Å². The molecule has 0 radical (unpaired) electrons. The second kappa shape index (κ2) is 6.11. The van der Waals surface area contributed by atoms with Crippen LogP contribution < -0.4 is 5.73 Å². The molecular weight excluding hydrogens is 329 g/mol. The van der Waals surface area contributed by atoms with Gasteiger partial charge >= 0.3 is 7.82 Å². The van der Waals surface area contributed by atoms with E-state index in [2.05, 4.69) is 19.5 Å². The fourth-order valence-electron chi connectivity index (χ4n) is 2.52. The van der Waals surface area contributed by atoms with E-state index in [-0.39, 0.29) is 18.5 Å². The number of rotatable bonds is 5. The lowest BCUT2D eigenvalue weighted by atomic mass is 10.2. The summed E-state index contributed by atoms with van der Waals surface area (Å²) in [6, 6.07) is 0. The smallest absolute Gasteiger partial charge is 0.382 e. The van der Waals surface area contributed by atoms with E-state index >= 15 is 0 Å². The van der Waals surface area contributed by atoms with Gasteiger partial charge < -0.3 is 25.0 Å². The molecule has 126 valence electrons. The number of hydrogen-bond donors (Lipinski definition) is 3. The third-order valence-electron chi connectivity index (χ3n) is 3.59. The highest BCUT2D eigenvalue weighted by molar-refractivity contribution is 7.46.